The van der Waals surface area contributed by atoms with Crippen molar-refractivity contribution in [3.05, 3.63) is 29.4 Å². The van der Waals surface area contributed by atoms with Crippen LogP contribution in [-0.2, 0) is 0 Å². The number of carbonyl (C=O) groups is 1. The minimum Gasteiger partial charge on any atom is -0.530 e. The first-order chi connectivity index (χ1) is 10.1. The third-order valence-corrected chi connectivity index (χ3v) is 3.92. The van der Waals surface area contributed by atoms with E-state index in [2.05, 4.69) is 9.97 Å². The van der Waals surface area contributed by atoms with Gasteiger partial charge in [-0.05, 0) is 19.1 Å². The maximum atomic E-state index is 10.9. The first-order valence-corrected chi connectivity index (χ1v) is 7.09. The molecule has 21 heavy (non-hydrogen) atoms. The molecule has 3 rings (SSSR count). The smallest absolute Gasteiger partial charge is 0.172 e. The van der Waals surface area contributed by atoms with Gasteiger partial charge in [-0.25, -0.2) is 9.97 Å². The number of carbonyl (C=O) groups excluding carboxylic acids is 1. The number of anilines is 1. The van der Waals surface area contributed by atoms with E-state index in [-0.39, 0.29) is 6.04 Å². The van der Waals surface area contributed by atoms with E-state index in [4.69, 9.17) is 11.6 Å². The molecule has 2 heterocycles. The van der Waals surface area contributed by atoms with Crippen molar-refractivity contribution in [2.45, 2.75) is 13.0 Å². The summed E-state index contributed by atoms with van der Waals surface area (Å²) >= 11 is 6.24. The summed E-state index contributed by atoms with van der Waals surface area (Å²) in [6.45, 7) is 3.19. The number of nitrogens with zero attached hydrogens (tertiary/aromatic N) is 4. The predicted octanol–water partition coefficient (Wildman–Crippen LogP) is 1.14. The summed E-state index contributed by atoms with van der Waals surface area (Å²) in [6.07, 6.45) is -1.14. The minimum absolute atomic E-state index is 0.0374. The Morgan fingerprint density at radius 1 is 1.29 bits per heavy atom. The average molecular weight is 306 g/mol. The fourth-order valence-electron chi connectivity index (χ4n) is 2.59. The Morgan fingerprint density at radius 2 is 1.95 bits per heavy atom. The van der Waals surface area contributed by atoms with Crippen LogP contribution in [0.2, 0.25) is 5.15 Å². The Labute approximate surface area is 127 Å². The Hall–Kier alpha value is -2.08. The number of fused-ring (bicyclic) bond motifs is 1. The molecule has 0 spiro atoms. The molecular weight excluding hydrogens is 292 g/mol. The molecule has 1 atom stereocenters. The van der Waals surface area contributed by atoms with Crippen molar-refractivity contribution in [1.82, 2.24) is 14.9 Å². The molecule has 1 aromatic heterocycles. The van der Waals surface area contributed by atoms with E-state index < -0.39 is 6.09 Å². The molecule has 1 saturated heterocycles. The van der Waals surface area contributed by atoms with E-state index in [1.807, 2.05) is 36.1 Å². The van der Waals surface area contributed by atoms with E-state index in [0.717, 1.165) is 11.0 Å². The van der Waals surface area contributed by atoms with Gasteiger partial charge >= 0.3 is 0 Å². The van der Waals surface area contributed by atoms with Crippen LogP contribution in [0, 0.1) is 0 Å². The number of hydrogen-bond acceptors (Lipinski definition) is 5. The zero-order chi connectivity index (χ0) is 15.0. The van der Waals surface area contributed by atoms with Crippen LogP contribution < -0.4 is 10.0 Å². The van der Waals surface area contributed by atoms with E-state index in [1.54, 1.807) is 0 Å². The van der Waals surface area contributed by atoms with Crippen molar-refractivity contribution < 1.29 is 9.90 Å². The van der Waals surface area contributed by atoms with Crippen LogP contribution in [0.3, 0.4) is 0 Å². The zero-order valence-electron chi connectivity index (χ0n) is 11.5. The Balaban J connectivity index is 1.93. The van der Waals surface area contributed by atoms with Crippen molar-refractivity contribution in [2.24, 2.45) is 0 Å². The molecule has 0 saturated carbocycles. The van der Waals surface area contributed by atoms with Crippen molar-refractivity contribution in [2.75, 3.05) is 24.5 Å². The standard InChI is InChI=1S/C14H15ClN4O2/c1-9-8-18(14(20)21)6-7-19(9)13-12(15)16-10-4-2-3-5-11(10)17-13/h2-5,9H,6-8H2,1H3,(H,20,21)/p-1. The molecule has 1 aliphatic rings. The topological polar surface area (TPSA) is 72.4 Å². The number of amides is 1. The first-order valence-electron chi connectivity index (χ1n) is 6.71. The summed E-state index contributed by atoms with van der Waals surface area (Å²) in [4.78, 5) is 23.1. The molecule has 110 valence electrons. The van der Waals surface area contributed by atoms with Crippen molar-refractivity contribution in [3.8, 4) is 0 Å². The highest BCUT2D eigenvalue weighted by Gasteiger charge is 2.26. The number of benzene rings is 1. The van der Waals surface area contributed by atoms with Gasteiger partial charge in [0.2, 0.25) is 0 Å². The van der Waals surface area contributed by atoms with Crippen LogP contribution in [0.25, 0.3) is 11.0 Å². The second-order valence-corrected chi connectivity index (χ2v) is 5.44. The summed E-state index contributed by atoms with van der Waals surface area (Å²) < 4.78 is 0. The zero-order valence-corrected chi connectivity index (χ0v) is 12.2. The normalized spacial score (nSPS) is 19.0. The lowest BCUT2D eigenvalue weighted by atomic mass is 10.2. The lowest BCUT2D eigenvalue weighted by Crippen LogP contribution is -2.57. The van der Waals surface area contributed by atoms with Crippen LogP contribution in [0.5, 0.6) is 0 Å². The van der Waals surface area contributed by atoms with Gasteiger partial charge in [-0.3, -0.25) is 0 Å². The minimum atomic E-state index is -1.14. The quantitative estimate of drug-likeness (QED) is 0.790. The highest BCUT2D eigenvalue weighted by molar-refractivity contribution is 6.32. The van der Waals surface area contributed by atoms with Gasteiger partial charge in [0, 0.05) is 25.7 Å². The average Bonchev–Trinajstić information content (AvgIpc) is 2.46. The third kappa shape index (κ3) is 2.58. The summed E-state index contributed by atoms with van der Waals surface area (Å²) in [6, 6.07) is 7.48. The lowest BCUT2D eigenvalue weighted by Gasteiger charge is -2.41. The number of piperazine rings is 1. The predicted molar refractivity (Wildman–Crippen MR) is 78.3 cm³/mol. The molecule has 0 radical (unpaired) electrons. The molecule has 2 aromatic rings. The van der Waals surface area contributed by atoms with Crippen molar-refractivity contribution in [3.63, 3.8) is 0 Å². The van der Waals surface area contributed by atoms with Gasteiger partial charge in [0.15, 0.2) is 11.0 Å². The largest absolute Gasteiger partial charge is 0.530 e. The maximum absolute atomic E-state index is 10.9. The van der Waals surface area contributed by atoms with Crippen molar-refractivity contribution in [1.29, 1.82) is 0 Å². The summed E-state index contributed by atoms with van der Waals surface area (Å²) in [7, 11) is 0. The van der Waals surface area contributed by atoms with Crippen LogP contribution in [-0.4, -0.2) is 46.6 Å². The second-order valence-electron chi connectivity index (χ2n) is 5.08. The highest BCUT2D eigenvalue weighted by atomic mass is 35.5. The summed E-state index contributed by atoms with van der Waals surface area (Å²) in [5.74, 6) is 0.598. The number of carboxylic acid groups (broad SMARTS) is 1. The lowest BCUT2D eigenvalue weighted by molar-refractivity contribution is -0.266. The van der Waals surface area contributed by atoms with E-state index in [1.165, 1.54) is 4.90 Å². The van der Waals surface area contributed by atoms with Crippen LogP contribution in [0.15, 0.2) is 24.3 Å². The Kier molecular flexibility index (Phi) is 3.55. The highest BCUT2D eigenvalue weighted by Crippen LogP contribution is 2.27. The fourth-order valence-corrected chi connectivity index (χ4v) is 2.83. The molecule has 0 aliphatic carbocycles. The summed E-state index contributed by atoms with van der Waals surface area (Å²) in [5, 5.41) is 11.3. The van der Waals surface area contributed by atoms with E-state index in [0.29, 0.717) is 30.6 Å². The molecule has 0 bridgehead atoms. The van der Waals surface area contributed by atoms with Gasteiger partial charge in [0.05, 0.1) is 11.0 Å². The SMILES string of the molecule is CC1CN(C(=O)[O-])CCN1c1nc2ccccc2nc1Cl. The van der Waals surface area contributed by atoms with E-state index >= 15 is 0 Å². The van der Waals surface area contributed by atoms with Gasteiger partial charge in [-0.2, -0.15) is 0 Å². The molecule has 1 aliphatic heterocycles. The summed E-state index contributed by atoms with van der Waals surface area (Å²) in [5.41, 5.74) is 1.51. The molecule has 1 amide bonds. The Bertz CT molecular complexity index is 694. The van der Waals surface area contributed by atoms with Gasteiger partial charge < -0.3 is 19.7 Å². The monoisotopic (exact) mass is 305 g/mol. The van der Waals surface area contributed by atoms with E-state index in [9.17, 15) is 9.90 Å². The van der Waals surface area contributed by atoms with Crippen molar-refractivity contribution >= 4 is 34.5 Å². The second kappa shape index (κ2) is 5.37. The third-order valence-electron chi connectivity index (χ3n) is 3.67. The van der Waals surface area contributed by atoms with Gasteiger partial charge in [-0.15, -0.1) is 0 Å². The number of aromatic nitrogens is 2. The molecule has 1 unspecified atom stereocenters. The number of hydrogen-bond donors (Lipinski definition) is 0. The molecule has 0 N–H and O–H groups in total. The Morgan fingerprint density at radius 3 is 2.57 bits per heavy atom. The fraction of sp³-hybridized carbons (Fsp3) is 0.357. The molecule has 1 fully saturated rings. The first kappa shape index (κ1) is 13.9. The van der Waals surface area contributed by atoms with Crippen LogP contribution >= 0.6 is 11.6 Å². The molecule has 1 aromatic carbocycles. The number of para-hydroxylation sites is 2. The molecule has 6 nitrogen and oxygen atoms in total. The van der Waals surface area contributed by atoms with Gasteiger partial charge in [-0.1, -0.05) is 23.7 Å². The van der Waals surface area contributed by atoms with Crippen LogP contribution in [0.1, 0.15) is 6.92 Å². The number of halogens is 1. The molecular formula is C14H14ClN4O2-. The number of rotatable bonds is 1. The van der Waals surface area contributed by atoms with Gasteiger partial charge in [0.1, 0.15) is 6.09 Å². The van der Waals surface area contributed by atoms with Gasteiger partial charge in [0.25, 0.3) is 0 Å². The van der Waals surface area contributed by atoms with Crippen LogP contribution in [0.4, 0.5) is 10.6 Å². The maximum Gasteiger partial charge on any atom is 0.172 e. The molecule has 7 heteroatoms.